The molecule has 2 atom stereocenters. The largest absolute Gasteiger partial charge is 0.342 e. The number of hydrogen-bond donors (Lipinski definition) is 0. The number of carbonyl (C=O) groups is 1. The average molecular weight is 342 g/mol. The van der Waals surface area contributed by atoms with Gasteiger partial charge in [-0.3, -0.25) is 4.79 Å². The molecule has 1 aromatic heterocycles. The Morgan fingerprint density at radius 2 is 2.41 bits per heavy atom. The molecule has 0 spiro atoms. The van der Waals surface area contributed by atoms with Crippen LogP contribution in [0.1, 0.15) is 30.3 Å². The van der Waals surface area contributed by atoms with Gasteiger partial charge in [-0.15, -0.1) is 11.3 Å². The zero-order valence-corrected chi connectivity index (χ0v) is 15.7. The predicted molar refractivity (Wildman–Crippen MR) is 95.5 cm³/mol. The van der Waals surface area contributed by atoms with Crippen LogP contribution in [0.2, 0.25) is 0 Å². The summed E-state index contributed by atoms with van der Waals surface area (Å²) in [6.45, 7) is 8.07. The van der Waals surface area contributed by atoms with Gasteiger partial charge >= 0.3 is 0 Å². The first-order valence-corrected chi connectivity index (χ1v) is 10.0. The van der Waals surface area contributed by atoms with Gasteiger partial charge in [-0.2, -0.15) is 11.8 Å². The number of likely N-dealkylation sites (tertiary alicyclic amines) is 1. The molecule has 124 valence electrons. The maximum atomic E-state index is 12.2. The maximum absolute atomic E-state index is 12.2. The highest BCUT2D eigenvalue weighted by Crippen LogP contribution is 2.21. The number of amides is 1. The zero-order chi connectivity index (χ0) is 16.1. The van der Waals surface area contributed by atoms with Gasteiger partial charge in [-0.1, -0.05) is 6.92 Å². The van der Waals surface area contributed by atoms with Gasteiger partial charge in [-0.05, 0) is 32.6 Å². The molecule has 1 amide bonds. The topological polar surface area (TPSA) is 36.4 Å². The van der Waals surface area contributed by atoms with Crippen LogP contribution in [0.15, 0.2) is 5.51 Å². The fourth-order valence-electron chi connectivity index (χ4n) is 2.89. The molecule has 0 bridgehead atoms. The van der Waals surface area contributed by atoms with Gasteiger partial charge in [0, 0.05) is 42.7 Å². The molecule has 0 aliphatic carbocycles. The van der Waals surface area contributed by atoms with Crippen LogP contribution in [0.3, 0.4) is 0 Å². The first-order chi connectivity index (χ1) is 10.5. The molecule has 0 unspecified atom stereocenters. The number of hydrogen-bond acceptors (Lipinski definition) is 5. The van der Waals surface area contributed by atoms with Crippen molar-refractivity contribution >= 4 is 29.0 Å². The standard InChI is InChI=1S/C16H27N3OS2/c1-12(21-4)7-16(20)19-6-5-14(9-19)8-18(3)10-15-13(2)17-11-22-15/h11-12,14H,5-10H2,1-4H3/t12-,14-/m1/s1. The lowest BCUT2D eigenvalue weighted by atomic mass is 10.1. The van der Waals surface area contributed by atoms with Gasteiger partial charge in [0.15, 0.2) is 0 Å². The van der Waals surface area contributed by atoms with Gasteiger partial charge in [-0.25, -0.2) is 4.98 Å². The molecule has 1 aliphatic rings. The monoisotopic (exact) mass is 341 g/mol. The molecule has 1 fully saturated rings. The molecular formula is C16H27N3OS2. The summed E-state index contributed by atoms with van der Waals surface area (Å²) in [6.07, 6.45) is 3.87. The first-order valence-electron chi connectivity index (χ1n) is 7.87. The minimum atomic E-state index is 0.324. The van der Waals surface area contributed by atoms with E-state index < -0.39 is 0 Å². The van der Waals surface area contributed by atoms with E-state index in [1.165, 1.54) is 4.88 Å². The lowest BCUT2D eigenvalue weighted by Gasteiger charge is -2.22. The Morgan fingerprint density at radius 3 is 3.05 bits per heavy atom. The minimum Gasteiger partial charge on any atom is -0.342 e. The Bertz CT molecular complexity index is 491. The van der Waals surface area contributed by atoms with Crippen LogP contribution in [-0.4, -0.2) is 58.9 Å². The molecule has 2 heterocycles. The van der Waals surface area contributed by atoms with Crippen molar-refractivity contribution < 1.29 is 4.79 Å². The fraction of sp³-hybridized carbons (Fsp3) is 0.750. The summed E-state index contributed by atoms with van der Waals surface area (Å²) in [5, 5.41) is 0.420. The highest BCUT2D eigenvalue weighted by molar-refractivity contribution is 7.99. The van der Waals surface area contributed by atoms with Crippen LogP contribution in [0.4, 0.5) is 0 Å². The van der Waals surface area contributed by atoms with Crippen molar-refractivity contribution in [3.8, 4) is 0 Å². The Hall–Kier alpha value is -0.590. The van der Waals surface area contributed by atoms with E-state index in [1.807, 2.05) is 5.51 Å². The van der Waals surface area contributed by atoms with Crippen molar-refractivity contribution in [1.82, 2.24) is 14.8 Å². The molecule has 4 nitrogen and oxygen atoms in total. The van der Waals surface area contributed by atoms with E-state index in [2.05, 4.69) is 41.9 Å². The van der Waals surface area contributed by atoms with E-state index >= 15 is 0 Å². The van der Waals surface area contributed by atoms with E-state index in [1.54, 1.807) is 23.1 Å². The molecule has 1 saturated heterocycles. The Balaban J connectivity index is 1.76. The number of aryl methyl sites for hydroxylation is 1. The molecule has 0 N–H and O–H groups in total. The van der Waals surface area contributed by atoms with E-state index in [0.717, 1.165) is 38.3 Å². The summed E-state index contributed by atoms with van der Waals surface area (Å²) in [5.41, 5.74) is 3.06. The van der Waals surface area contributed by atoms with Gasteiger partial charge in [0.05, 0.1) is 11.2 Å². The molecule has 0 radical (unpaired) electrons. The Kier molecular flexibility index (Phi) is 6.71. The minimum absolute atomic E-state index is 0.324. The summed E-state index contributed by atoms with van der Waals surface area (Å²) in [7, 11) is 2.17. The summed E-state index contributed by atoms with van der Waals surface area (Å²) >= 11 is 3.50. The molecule has 2 rings (SSSR count). The number of carbonyl (C=O) groups excluding carboxylic acids is 1. The number of rotatable bonds is 7. The van der Waals surface area contributed by atoms with Gasteiger partial charge in [0.2, 0.25) is 5.91 Å². The fourth-order valence-corrected chi connectivity index (χ4v) is 4.06. The van der Waals surface area contributed by atoms with Crippen molar-refractivity contribution in [2.75, 3.05) is 32.9 Å². The average Bonchev–Trinajstić information content (AvgIpc) is 3.09. The first kappa shape index (κ1) is 17.8. The van der Waals surface area contributed by atoms with Gasteiger partial charge < -0.3 is 9.80 Å². The molecular weight excluding hydrogens is 314 g/mol. The third kappa shape index (κ3) is 4.96. The number of thioether (sulfide) groups is 1. The number of aromatic nitrogens is 1. The van der Waals surface area contributed by atoms with Crippen LogP contribution in [-0.2, 0) is 11.3 Å². The van der Waals surface area contributed by atoms with Crippen molar-refractivity contribution in [3.05, 3.63) is 16.1 Å². The van der Waals surface area contributed by atoms with Crippen molar-refractivity contribution in [2.24, 2.45) is 5.92 Å². The SMILES string of the molecule is CS[C@H](C)CC(=O)N1CC[C@H](CN(C)Cc2scnc2C)C1. The normalized spacial score (nSPS) is 19.9. The third-order valence-corrected chi connectivity index (χ3v) is 6.22. The molecule has 0 saturated carbocycles. The molecule has 1 aromatic rings. The van der Waals surface area contributed by atoms with Crippen molar-refractivity contribution in [1.29, 1.82) is 0 Å². The van der Waals surface area contributed by atoms with Crippen LogP contribution in [0.25, 0.3) is 0 Å². The summed E-state index contributed by atoms with van der Waals surface area (Å²) in [4.78, 5) is 22.3. The number of thiazole rings is 1. The lowest BCUT2D eigenvalue weighted by Crippen LogP contribution is -2.32. The zero-order valence-electron chi connectivity index (χ0n) is 14.0. The van der Waals surface area contributed by atoms with Crippen LogP contribution in [0.5, 0.6) is 0 Å². The molecule has 22 heavy (non-hydrogen) atoms. The second kappa shape index (κ2) is 8.31. The Morgan fingerprint density at radius 1 is 1.64 bits per heavy atom. The predicted octanol–water partition coefficient (Wildman–Crippen LogP) is 2.87. The second-order valence-electron chi connectivity index (χ2n) is 6.30. The maximum Gasteiger partial charge on any atom is 0.223 e. The quantitative estimate of drug-likeness (QED) is 0.764. The van der Waals surface area contributed by atoms with Crippen LogP contribution in [0, 0.1) is 12.8 Å². The van der Waals surface area contributed by atoms with Crippen molar-refractivity contribution in [2.45, 2.75) is 38.5 Å². The summed E-state index contributed by atoms with van der Waals surface area (Å²) < 4.78 is 0. The number of nitrogens with zero attached hydrogens (tertiary/aromatic N) is 3. The van der Waals surface area contributed by atoms with E-state index in [9.17, 15) is 4.79 Å². The third-order valence-electron chi connectivity index (χ3n) is 4.33. The Labute approximate surface area is 142 Å². The summed E-state index contributed by atoms with van der Waals surface area (Å²) in [5.74, 6) is 0.928. The van der Waals surface area contributed by atoms with Crippen LogP contribution < -0.4 is 0 Å². The van der Waals surface area contributed by atoms with Crippen LogP contribution >= 0.6 is 23.1 Å². The van der Waals surface area contributed by atoms with Gasteiger partial charge in [0.1, 0.15) is 0 Å². The van der Waals surface area contributed by atoms with Crippen molar-refractivity contribution in [3.63, 3.8) is 0 Å². The van der Waals surface area contributed by atoms with E-state index in [4.69, 9.17) is 0 Å². The highest BCUT2D eigenvalue weighted by atomic mass is 32.2. The molecule has 0 aromatic carbocycles. The van der Waals surface area contributed by atoms with E-state index in [-0.39, 0.29) is 0 Å². The second-order valence-corrected chi connectivity index (χ2v) is 8.52. The summed E-state index contributed by atoms with van der Waals surface area (Å²) in [6, 6.07) is 0. The van der Waals surface area contributed by atoms with E-state index in [0.29, 0.717) is 23.5 Å². The molecule has 1 aliphatic heterocycles. The highest BCUT2D eigenvalue weighted by Gasteiger charge is 2.27. The lowest BCUT2D eigenvalue weighted by molar-refractivity contribution is -0.130. The smallest absolute Gasteiger partial charge is 0.223 e. The van der Waals surface area contributed by atoms with Gasteiger partial charge in [0.25, 0.3) is 0 Å². The molecule has 6 heteroatoms.